The Morgan fingerprint density at radius 2 is 1.86 bits per heavy atom. The van der Waals surface area contributed by atoms with Crippen molar-refractivity contribution in [2.75, 3.05) is 23.7 Å². The summed E-state index contributed by atoms with van der Waals surface area (Å²) in [4.78, 5) is 25.3. The lowest BCUT2D eigenvalue weighted by Gasteiger charge is -2.40. The Bertz CT molecular complexity index is 848. The van der Waals surface area contributed by atoms with Crippen molar-refractivity contribution in [1.82, 2.24) is 4.90 Å². The van der Waals surface area contributed by atoms with Gasteiger partial charge in [-0.25, -0.2) is 8.42 Å². The molecule has 0 aromatic heterocycles. The van der Waals surface area contributed by atoms with Crippen molar-refractivity contribution in [3.63, 3.8) is 0 Å². The largest absolute Gasteiger partial charge is 0.486 e. The molecular formula is C19H26N2O6S. The molecule has 0 spiro atoms. The van der Waals surface area contributed by atoms with Crippen LogP contribution in [0.3, 0.4) is 0 Å². The number of carbonyl (C=O) groups excluding carboxylic acids is 1. The third kappa shape index (κ3) is 4.24. The maximum Gasteiger partial charge on any atom is 0.306 e. The first-order chi connectivity index (χ1) is 13.2. The number of carboxylic acid groups (broad SMARTS) is 1. The summed E-state index contributed by atoms with van der Waals surface area (Å²) in [5, 5.41) is 9.06. The van der Waals surface area contributed by atoms with Gasteiger partial charge < -0.3 is 14.7 Å². The average Bonchev–Trinajstić information content (AvgIpc) is 2.65. The van der Waals surface area contributed by atoms with E-state index in [9.17, 15) is 18.0 Å². The molecule has 2 heterocycles. The third-order valence-corrected chi connectivity index (χ3v) is 6.73. The van der Waals surface area contributed by atoms with E-state index in [4.69, 9.17) is 9.84 Å². The molecule has 1 aromatic rings. The van der Waals surface area contributed by atoms with Crippen molar-refractivity contribution in [2.24, 2.45) is 5.92 Å². The van der Waals surface area contributed by atoms with Crippen LogP contribution in [0.4, 0.5) is 5.69 Å². The van der Waals surface area contributed by atoms with E-state index < -0.39 is 28.1 Å². The predicted octanol–water partition coefficient (Wildman–Crippen LogP) is 1.71. The number of carbonyl (C=O) groups is 2. The lowest BCUT2D eigenvalue weighted by Crippen LogP contribution is -2.50. The summed E-state index contributed by atoms with van der Waals surface area (Å²) in [5.74, 6) is -0.753. The van der Waals surface area contributed by atoms with Crippen molar-refractivity contribution < 1.29 is 27.9 Å². The minimum absolute atomic E-state index is 0.0515. The van der Waals surface area contributed by atoms with Crippen LogP contribution in [0.15, 0.2) is 24.3 Å². The van der Waals surface area contributed by atoms with Crippen LogP contribution in [0, 0.1) is 5.92 Å². The first kappa shape index (κ1) is 20.4. The van der Waals surface area contributed by atoms with Gasteiger partial charge in [0.1, 0.15) is 11.9 Å². The fourth-order valence-electron chi connectivity index (χ4n) is 3.95. The molecule has 1 fully saturated rings. The van der Waals surface area contributed by atoms with Gasteiger partial charge in [0.05, 0.1) is 23.9 Å². The molecule has 3 rings (SSSR count). The highest BCUT2D eigenvalue weighted by molar-refractivity contribution is 7.92. The van der Waals surface area contributed by atoms with Gasteiger partial charge in [-0.05, 0) is 38.3 Å². The van der Waals surface area contributed by atoms with Crippen molar-refractivity contribution in [1.29, 1.82) is 0 Å². The number of likely N-dealkylation sites (tertiary alicyclic amines) is 1. The Morgan fingerprint density at radius 1 is 1.21 bits per heavy atom. The highest BCUT2D eigenvalue weighted by Crippen LogP contribution is 2.38. The fourth-order valence-corrected chi connectivity index (χ4v) is 5.20. The standard InChI is InChI=1S/C19H26N2O6S/c1-13-16(7-8-18(22)20-11-9-14(10-12-20)19(23)24)27-17-6-4-3-5-15(17)21(13)28(2,25)26/h3-6,13-14,16H,7-12H2,1-2H3,(H,23,24)/t13-,16?/m1/s1. The Labute approximate surface area is 165 Å². The quantitative estimate of drug-likeness (QED) is 0.792. The number of rotatable bonds is 5. The normalized spacial score (nSPS) is 23.1. The molecule has 0 radical (unpaired) electrons. The van der Waals surface area contributed by atoms with E-state index in [1.165, 1.54) is 10.6 Å². The smallest absolute Gasteiger partial charge is 0.306 e. The van der Waals surface area contributed by atoms with E-state index >= 15 is 0 Å². The number of carboxylic acids is 1. The van der Waals surface area contributed by atoms with Crippen LogP contribution in [0.1, 0.15) is 32.6 Å². The zero-order valence-electron chi connectivity index (χ0n) is 16.1. The van der Waals surface area contributed by atoms with Gasteiger partial charge in [0, 0.05) is 19.5 Å². The Kier molecular flexibility index (Phi) is 5.83. The molecule has 2 atom stereocenters. The molecule has 1 aromatic carbocycles. The summed E-state index contributed by atoms with van der Waals surface area (Å²) < 4.78 is 32.0. The highest BCUT2D eigenvalue weighted by Gasteiger charge is 2.38. The van der Waals surface area contributed by atoms with Crippen LogP contribution in [0.5, 0.6) is 5.75 Å². The number of ether oxygens (including phenoxy) is 1. The molecule has 2 aliphatic rings. The van der Waals surface area contributed by atoms with E-state index in [1.807, 2.05) is 0 Å². The predicted molar refractivity (Wildman–Crippen MR) is 104 cm³/mol. The lowest BCUT2D eigenvalue weighted by molar-refractivity contribution is -0.145. The van der Waals surface area contributed by atoms with E-state index in [-0.39, 0.29) is 18.2 Å². The Morgan fingerprint density at radius 3 is 2.46 bits per heavy atom. The number of hydrogen-bond acceptors (Lipinski definition) is 5. The molecule has 1 amide bonds. The van der Waals surface area contributed by atoms with Crippen LogP contribution < -0.4 is 9.04 Å². The summed E-state index contributed by atoms with van der Waals surface area (Å²) >= 11 is 0. The zero-order valence-corrected chi connectivity index (χ0v) is 16.9. The third-order valence-electron chi connectivity index (χ3n) is 5.49. The van der Waals surface area contributed by atoms with Gasteiger partial charge in [0.25, 0.3) is 0 Å². The van der Waals surface area contributed by atoms with Crippen LogP contribution in [0.25, 0.3) is 0 Å². The Hall–Kier alpha value is -2.29. The topological polar surface area (TPSA) is 104 Å². The molecule has 1 saturated heterocycles. The van der Waals surface area contributed by atoms with Crippen LogP contribution in [-0.4, -0.2) is 61.8 Å². The second kappa shape index (κ2) is 7.98. The molecule has 28 heavy (non-hydrogen) atoms. The number of benzene rings is 1. The average molecular weight is 410 g/mol. The number of fused-ring (bicyclic) bond motifs is 1. The highest BCUT2D eigenvalue weighted by atomic mass is 32.2. The minimum Gasteiger partial charge on any atom is -0.486 e. The maximum absolute atomic E-state index is 12.5. The Balaban J connectivity index is 1.65. The van der Waals surface area contributed by atoms with Crippen LogP contribution in [-0.2, 0) is 19.6 Å². The summed E-state index contributed by atoms with van der Waals surface area (Å²) in [6, 6.07) is 6.54. The molecule has 154 valence electrons. The number of sulfonamides is 1. The number of hydrogen-bond donors (Lipinski definition) is 1. The van der Waals surface area contributed by atoms with Crippen molar-refractivity contribution >= 4 is 27.6 Å². The van der Waals surface area contributed by atoms with Gasteiger partial charge >= 0.3 is 5.97 Å². The summed E-state index contributed by atoms with van der Waals surface area (Å²) in [5.41, 5.74) is 0.510. The summed E-state index contributed by atoms with van der Waals surface area (Å²) in [6.07, 6.45) is 2.27. The first-order valence-corrected chi connectivity index (χ1v) is 11.3. The molecule has 1 N–H and O–H groups in total. The summed E-state index contributed by atoms with van der Waals surface area (Å²) in [6.45, 7) is 2.66. The maximum atomic E-state index is 12.5. The SMILES string of the molecule is C[C@@H]1C(CCC(=O)N2CCC(C(=O)O)CC2)Oc2ccccc2N1S(C)(=O)=O. The van der Waals surface area contributed by atoms with Gasteiger partial charge in [0.2, 0.25) is 15.9 Å². The molecule has 2 aliphatic heterocycles. The molecule has 0 bridgehead atoms. The summed E-state index contributed by atoms with van der Waals surface area (Å²) in [7, 11) is -3.49. The molecule has 9 heteroatoms. The minimum atomic E-state index is -3.49. The number of para-hydroxylation sites is 2. The monoisotopic (exact) mass is 410 g/mol. The molecule has 1 unspecified atom stereocenters. The van der Waals surface area contributed by atoms with Crippen molar-refractivity contribution in [3.8, 4) is 5.75 Å². The molecule has 0 saturated carbocycles. The van der Waals surface area contributed by atoms with Gasteiger partial charge in [-0.3, -0.25) is 13.9 Å². The van der Waals surface area contributed by atoms with Gasteiger partial charge in [0.15, 0.2) is 0 Å². The number of nitrogens with zero attached hydrogens (tertiary/aromatic N) is 2. The van der Waals surface area contributed by atoms with Crippen molar-refractivity contribution in [2.45, 2.75) is 44.8 Å². The number of anilines is 1. The number of piperidine rings is 1. The van der Waals surface area contributed by atoms with Crippen LogP contribution in [0.2, 0.25) is 0 Å². The van der Waals surface area contributed by atoms with E-state index in [1.54, 1.807) is 36.1 Å². The van der Waals surface area contributed by atoms with E-state index in [0.29, 0.717) is 43.8 Å². The number of amides is 1. The lowest BCUT2D eigenvalue weighted by atomic mass is 9.96. The molecule has 0 aliphatic carbocycles. The van der Waals surface area contributed by atoms with E-state index in [0.717, 1.165) is 0 Å². The zero-order chi connectivity index (χ0) is 20.5. The van der Waals surface area contributed by atoms with Gasteiger partial charge in [-0.1, -0.05) is 12.1 Å². The second-order valence-corrected chi connectivity index (χ2v) is 9.31. The second-order valence-electron chi connectivity index (χ2n) is 7.46. The molecule has 8 nitrogen and oxygen atoms in total. The van der Waals surface area contributed by atoms with Crippen molar-refractivity contribution in [3.05, 3.63) is 24.3 Å². The van der Waals surface area contributed by atoms with Gasteiger partial charge in [-0.15, -0.1) is 0 Å². The first-order valence-electron chi connectivity index (χ1n) is 9.44. The van der Waals surface area contributed by atoms with Crippen LogP contribution >= 0.6 is 0 Å². The number of aliphatic carboxylic acids is 1. The van der Waals surface area contributed by atoms with Gasteiger partial charge in [-0.2, -0.15) is 0 Å². The van der Waals surface area contributed by atoms with E-state index in [2.05, 4.69) is 0 Å². The fraction of sp³-hybridized carbons (Fsp3) is 0.579. The molecular weight excluding hydrogens is 384 g/mol.